The fourth-order valence-electron chi connectivity index (χ4n) is 2.24. The van der Waals surface area contributed by atoms with Crippen LogP contribution in [0.15, 0.2) is 48.8 Å². The maximum absolute atomic E-state index is 5.26. The molecule has 102 valence electrons. The molecule has 0 atom stereocenters. The number of rotatable bonds is 4. The summed E-state index contributed by atoms with van der Waals surface area (Å²) < 4.78 is 12.6. The molecule has 0 radical (unpaired) electrons. The van der Waals surface area contributed by atoms with E-state index >= 15 is 0 Å². The van der Waals surface area contributed by atoms with Crippen molar-refractivity contribution in [2.75, 3.05) is 14.2 Å². The SMILES string of the molecule is COc1cccc(Cc2ncc3ccc(OC)cn23)c1. The first-order chi connectivity index (χ1) is 9.80. The van der Waals surface area contributed by atoms with E-state index in [0.717, 1.165) is 29.3 Å². The van der Waals surface area contributed by atoms with Crippen molar-refractivity contribution in [3.63, 3.8) is 0 Å². The van der Waals surface area contributed by atoms with Crippen molar-refractivity contribution in [1.29, 1.82) is 0 Å². The number of hydrogen-bond donors (Lipinski definition) is 0. The van der Waals surface area contributed by atoms with E-state index in [-0.39, 0.29) is 0 Å². The standard InChI is InChI=1S/C16H16N2O2/c1-19-14-5-3-4-12(8-14)9-16-17-10-13-6-7-15(20-2)11-18(13)16/h3-8,10-11H,9H2,1-2H3. The maximum Gasteiger partial charge on any atom is 0.135 e. The Bertz CT molecular complexity index is 734. The van der Waals surface area contributed by atoms with Crippen LogP contribution in [-0.2, 0) is 6.42 Å². The first-order valence-corrected chi connectivity index (χ1v) is 6.43. The quantitative estimate of drug-likeness (QED) is 0.730. The first kappa shape index (κ1) is 12.5. The zero-order valence-electron chi connectivity index (χ0n) is 11.5. The molecule has 4 heteroatoms. The number of aromatic nitrogens is 2. The largest absolute Gasteiger partial charge is 0.497 e. The van der Waals surface area contributed by atoms with Gasteiger partial charge in [-0.15, -0.1) is 0 Å². The van der Waals surface area contributed by atoms with Crippen molar-refractivity contribution in [2.24, 2.45) is 0 Å². The molecular formula is C16H16N2O2. The smallest absolute Gasteiger partial charge is 0.135 e. The highest BCUT2D eigenvalue weighted by atomic mass is 16.5. The molecule has 2 heterocycles. The highest BCUT2D eigenvalue weighted by Gasteiger charge is 2.06. The predicted octanol–water partition coefficient (Wildman–Crippen LogP) is 2.94. The molecular weight excluding hydrogens is 252 g/mol. The second kappa shape index (κ2) is 5.25. The summed E-state index contributed by atoms with van der Waals surface area (Å²) in [7, 11) is 3.34. The summed E-state index contributed by atoms with van der Waals surface area (Å²) >= 11 is 0. The van der Waals surface area contributed by atoms with Crippen LogP contribution in [0.3, 0.4) is 0 Å². The maximum atomic E-state index is 5.26. The third-order valence-electron chi connectivity index (χ3n) is 3.31. The summed E-state index contributed by atoms with van der Waals surface area (Å²) in [6.45, 7) is 0. The summed E-state index contributed by atoms with van der Waals surface area (Å²) in [5.74, 6) is 2.66. The Morgan fingerprint density at radius 3 is 2.70 bits per heavy atom. The number of benzene rings is 1. The second-order valence-corrected chi connectivity index (χ2v) is 4.57. The molecule has 0 saturated carbocycles. The number of pyridine rings is 1. The minimum atomic E-state index is 0.749. The van der Waals surface area contributed by atoms with Gasteiger partial charge in [0.2, 0.25) is 0 Å². The highest BCUT2D eigenvalue weighted by Crippen LogP contribution is 2.19. The molecule has 0 amide bonds. The van der Waals surface area contributed by atoms with Crippen molar-refractivity contribution in [2.45, 2.75) is 6.42 Å². The van der Waals surface area contributed by atoms with Crippen LogP contribution in [0, 0.1) is 0 Å². The molecule has 0 fully saturated rings. The molecule has 0 spiro atoms. The van der Waals surface area contributed by atoms with Crippen LogP contribution >= 0.6 is 0 Å². The van der Waals surface area contributed by atoms with Gasteiger partial charge in [-0.25, -0.2) is 4.98 Å². The zero-order valence-corrected chi connectivity index (χ0v) is 11.5. The van der Waals surface area contributed by atoms with E-state index in [9.17, 15) is 0 Å². The molecule has 0 unspecified atom stereocenters. The van der Waals surface area contributed by atoms with Gasteiger partial charge in [0.05, 0.1) is 32.1 Å². The Kier molecular flexibility index (Phi) is 3.29. The van der Waals surface area contributed by atoms with Gasteiger partial charge in [-0.2, -0.15) is 0 Å². The lowest BCUT2D eigenvalue weighted by Gasteiger charge is -2.06. The van der Waals surface area contributed by atoms with Crippen molar-refractivity contribution in [3.8, 4) is 11.5 Å². The number of fused-ring (bicyclic) bond motifs is 1. The molecule has 0 saturated heterocycles. The van der Waals surface area contributed by atoms with Gasteiger partial charge in [0, 0.05) is 6.42 Å². The number of imidazole rings is 1. The Balaban J connectivity index is 1.97. The van der Waals surface area contributed by atoms with Crippen LogP contribution in [0.2, 0.25) is 0 Å². The average Bonchev–Trinajstić information content (AvgIpc) is 2.89. The molecule has 20 heavy (non-hydrogen) atoms. The summed E-state index contributed by atoms with van der Waals surface area (Å²) in [6, 6.07) is 12.0. The second-order valence-electron chi connectivity index (χ2n) is 4.57. The summed E-state index contributed by atoms with van der Waals surface area (Å²) in [6.07, 6.45) is 4.57. The van der Waals surface area contributed by atoms with E-state index in [1.165, 1.54) is 5.56 Å². The third kappa shape index (κ3) is 2.32. The average molecular weight is 268 g/mol. The molecule has 2 aromatic heterocycles. The van der Waals surface area contributed by atoms with E-state index in [0.29, 0.717) is 0 Å². The van der Waals surface area contributed by atoms with Crippen LogP contribution in [0.4, 0.5) is 0 Å². The Morgan fingerprint density at radius 1 is 1.05 bits per heavy atom. The molecule has 3 rings (SSSR count). The minimum absolute atomic E-state index is 0.749. The van der Waals surface area contributed by atoms with Gasteiger partial charge >= 0.3 is 0 Å². The zero-order chi connectivity index (χ0) is 13.9. The fourth-order valence-corrected chi connectivity index (χ4v) is 2.24. The summed E-state index contributed by atoms with van der Waals surface area (Å²) in [5.41, 5.74) is 2.23. The first-order valence-electron chi connectivity index (χ1n) is 6.43. The van der Waals surface area contributed by atoms with Crippen LogP contribution in [-0.4, -0.2) is 23.6 Å². The van der Waals surface area contributed by atoms with Crippen LogP contribution in [0.1, 0.15) is 11.4 Å². The minimum Gasteiger partial charge on any atom is -0.497 e. The molecule has 3 aromatic rings. The molecule has 0 aliphatic rings. The Morgan fingerprint density at radius 2 is 1.90 bits per heavy atom. The van der Waals surface area contributed by atoms with E-state index in [4.69, 9.17) is 9.47 Å². The highest BCUT2D eigenvalue weighted by molar-refractivity contribution is 5.49. The van der Waals surface area contributed by atoms with Gasteiger partial charge in [-0.1, -0.05) is 12.1 Å². The number of nitrogens with zero attached hydrogens (tertiary/aromatic N) is 2. The van der Waals surface area contributed by atoms with Crippen molar-refractivity contribution in [1.82, 2.24) is 9.38 Å². The monoisotopic (exact) mass is 268 g/mol. The molecule has 4 nitrogen and oxygen atoms in total. The number of hydrogen-bond acceptors (Lipinski definition) is 3. The van der Waals surface area contributed by atoms with Gasteiger partial charge in [0.1, 0.15) is 17.3 Å². The summed E-state index contributed by atoms with van der Waals surface area (Å²) in [4.78, 5) is 4.49. The normalized spacial score (nSPS) is 10.7. The Labute approximate surface area is 117 Å². The van der Waals surface area contributed by atoms with Crippen molar-refractivity contribution < 1.29 is 9.47 Å². The van der Waals surface area contributed by atoms with Crippen LogP contribution in [0.25, 0.3) is 5.52 Å². The lowest BCUT2D eigenvalue weighted by Crippen LogP contribution is -1.97. The predicted molar refractivity (Wildman–Crippen MR) is 77.5 cm³/mol. The van der Waals surface area contributed by atoms with Gasteiger partial charge < -0.3 is 9.47 Å². The molecule has 0 aliphatic heterocycles. The van der Waals surface area contributed by atoms with Gasteiger partial charge in [-0.3, -0.25) is 4.40 Å². The van der Waals surface area contributed by atoms with Crippen molar-refractivity contribution in [3.05, 3.63) is 60.2 Å². The van der Waals surface area contributed by atoms with Gasteiger partial charge in [-0.05, 0) is 29.8 Å². The molecule has 0 N–H and O–H groups in total. The van der Waals surface area contributed by atoms with Crippen LogP contribution in [0.5, 0.6) is 11.5 Å². The third-order valence-corrected chi connectivity index (χ3v) is 3.31. The lowest BCUT2D eigenvalue weighted by molar-refractivity contribution is 0.412. The van der Waals surface area contributed by atoms with E-state index < -0.39 is 0 Å². The molecule has 1 aromatic carbocycles. The van der Waals surface area contributed by atoms with Gasteiger partial charge in [0.25, 0.3) is 0 Å². The number of methoxy groups -OCH3 is 2. The van der Waals surface area contributed by atoms with E-state index in [1.54, 1.807) is 14.2 Å². The van der Waals surface area contributed by atoms with E-state index in [2.05, 4.69) is 15.5 Å². The Hall–Kier alpha value is -2.49. The van der Waals surface area contributed by atoms with Crippen LogP contribution < -0.4 is 9.47 Å². The van der Waals surface area contributed by atoms with Crippen molar-refractivity contribution >= 4 is 5.52 Å². The molecule has 0 aliphatic carbocycles. The molecule has 0 bridgehead atoms. The lowest BCUT2D eigenvalue weighted by atomic mass is 10.1. The van der Waals surface area contributed by atoms with E-state index in [1.807, 2.05) is 42.7 Å². The topological polar surface area (TPSA) is 35.8 Å². The fraction of sp³-hybridized carbons (Fsp3) is 0.188. The number of ether oxygens (including phenoxy) is 2. The summed E-state index contributed by atoms with van der Waals surface area (Å²) in [5, 5.41) is 0. The van der Waals surface area contributed by atoms with Gasteiger partial charge in [0.15, 0.2) is 0 Å².